The maximum Gasteiger partial charge on any atom is 0.238 e. The molecule has 154 valence electrons. The van der Waals surface area contributed by atoms with Crippen LogP contribution < -0.4 is 10.6 Å². The van der Waals surface area contributed by atoms with Crippen molar-refractivity contribution in [3.8, 4) is 0 Å². The van der Waals surface area contributed by atoms with E-state index in [1.54, 1.807) is 30.3 Å². The van der Waals surface area contributed by atoms with Gasteiger partial charge in [0.25, 0.3) is 0 Å². The lowest BCUT2D eigenvalue weighted by molar-refractivity contribution is -0.115. The number of Topliss-reactive ketones (excluding diaryl/α,β-unsaturated/α-hetero) is 1. The summed E-state index contributed by atoms with van der Waals surface area (Å²) in [5.74, 6) is -0.571. The fourth-order valence-electron chi connectivity index (χ4n) is 3.25. The minimum absolute atomic E-state index is 0.0263. The topological polar surface area (TPSA) is 58.2 Å². The highest BCUT2D eigenvalue weighted by molar-refractivity contribution is 5.96. The van der Waals surface area contributed by atoms with Gasteiger partial charge < -0.3 is 5.32 Å². The molecule has 1 amide bonds. The van der Waals surface area contributed by atoms with Crippen molar-refractivity contribution in [1.82, 2.24) is 5.32 Å². The van der Waals surface area contributed by atoms with Crippen LogP contribution in [-0.4, -0.2) is 18.2 Å². The molecule has 0 radical (unpaired) electrons. The SMILES string of the molecule is CCc1ccc([C@H](NCC(=O)Nc2ccc(C(C)=O)cc2)c2cccc(F)c2)cc1. The molecule has 1 atom stereocenters. The second-order valence-corrected chi connectivity index (χ2v) is 7.15. The molecule has 0 bridgehead atoms. The smallest absolute Gasteiger partial charge is 0.238 e. The number of halogens is 1. The van der Waals surface area contributed by atoms with E-state index in [1.807, 2.05) is 30.3 Å². The number of hydrogen-bond acceptors (Lipinski definition) is 3. The molecule has 3 aromatic carbocycles. The predicted molar refractivity (Wildman–Crippen MR) is 117 cm³/mol. The van der Waals surface area contributed by atoms with Crippen LogP contribution >= 0.6 is 0 Å². The van der Waals surface area contributed by atoms with Gasteiger partial charge in [0, 0.05) is 11.3 Å². The van der Waals surface area contributed by atoms with Crippen molar-refractivity contribution in [2.45, 2.75) is 26.3 Å². The third-order valence-electron chi connectivity index (χ3n) is 4.95. The van der Waals surface area contributed by atoms with Crippen molar-refractivity contribution in [3.63, 3.8) is 0 Å². The molecule has 0 aliphatic heterocycles. The molecule has 0 saturated heterocycles. The van der Waals surface area contributed by atoms with Crippen LogP contribution in [0.3, 0.4) is 0 Å². The quantitative estimate of drug-likeness (QED) is 0.525. The van der Waals surface area contributed by atoms with Crippen molar-refractivity contribution in [3.05, 3.63) is 101 Å². The van der Waals surface area contributed by atoms with Crippen LogP contribution in [0.4, 0.5) is 10.1 Å². The second-order valence-electron chi connectivity index (χ2n) is 7.15. The standard InChI is InChI=1S/C25H25FN2O2/c1-3-18-7-9-20(10-8-18)25(21-5-4-6-22(26)15-21)27-16-24(30)28-23-13-11-19(12-14-23)17(2)29/h4-15,25,27H,3,16H2,1-2H3,(H,28,30)/t25-/m0/s1. The van der Waals surface area contributed by atoms with E-state index >= 15 is 0 Å². The van der Waals surface area contributed by atoms with E-state index < -0.39 is 0 Å². The largest absolute Gasteiger partial charge is 0.325 e. The van der Waals surface area contributed by atoms with Crippen LogP contribution in [0.5, 0.6) is 0 Å². The number of nitrogens with one attached hydrogen (secondary N) is 2. The normalized spacial score (nSPS) is 11.7. The van der Waals surface area contributed by atoms with Gasteiger partial charge in [-0.25, -0.2) is 4.39 Å². The van der Waals surface area contributed by atoms with Gasteiger partial charge in [-0.15, -0.1) is 0 Å². The number of anilines is 1. The molecule has 3 rings (SSSR count). The zero-order valence-electron chi connectivity index (χ0n) is 17.1. The summed E-state index contributed by atoms with van der Waals surface area (Å²) in [5, 5.41) is 6.04. The number of hydrogen-bond donors (Lipinski definition) is 2. The minimum atomic E-state index is -0.322. The third kappa shape index (κ3) is 5.61. The summed E-state index contributed by atoms with van der Waals surface area (Å²) in [6, 6.07) is 20.9. The van der Waals surface area contributed by atoms with Crippen molar-refractivity contribution in [1.29, 1.82) is 0 Å². The number of carbonyl (C=O) groups is 2. The molecule has 0 aliphatic rings. The third-order valence-corrected chi connectivity index (χ3v) is 4.95. The van der Waals surface area contributed by atoms with Crippen LogP contribution in [0.25, 0.3) is 0 Å². The number of benzene rings is 3. The van der Waals surface area contributed by atoms with Crippen molar-refractivity contribution >= 4 is 17.4 Å². The Morgan fingerprint density at radius 1 is 0.933 bits per heavy atom. The van der Waals surface area contributed by atoms with Crippen LogP contribution in [0.15, 0.2) is 72.8 Å². The van der Waals surface area contributed by atoms with Crippen molar-refractivity contribution < 1.29 is 14.0 Å². The summed E-state index contributed by atoms with van der Waals surface area (Å²) < 4.78 is 13.8. The Balaban J connectivity index is 1.72. The summed E-state index contributed by atoms with van der Waals surface area (Å²) in [4.78, 5) is 23.8. The Hall–Kier alpha value is -3.31. The Bertz CT molecular complexity index is 1010. The first-order valence-corrected chi connectivity index (χ1v) is 9.95. The first kappa shape index (κ1) is 21.4. The van der Waals surface area contributed by atoms with E-state index in [2.05, 4.69) is 17.6 Å². The highest BCUT2D eigenvalue weighted by Gasteiger charge is 2.16. The molecule has 3 aromatic rings. The van der Waals surface area contributed by atoms with Crippen LogP contribution in [0.1, 0.15) is 46.9 Å². The summed E-state index contributed by atoms with van der Waals surface area (Å²) >= 11 is 0. The van der Waals surface area contributed by atoms with E-state index in [0.29, 0.717) is 11.3 Å². The summed E-state index contributed by atoms with van der Waals surface area (Å²) in [5.41, 5.74) is 4.12. The molecule has 0 aliphatic carbocycles. The molecule has 0 fully saturated rings. The lowest BCUT2D eigenvalue weighted by Crippen LogP contribution is -2.32. The molecule has 0 spiro atoms. The Labute approximate surface area is 176 Å². The van der Waals surface area contributed by atoms with Gasteiger partial charge in [-0.3, -0.25) is 14.9 Å². The van der Waals surface area contributed by atoms with E-state index in [-0.39, 0.29) is 30.1 Å². The Morgan fingerprint density at radius 3 is 2.23 bits per heavy atom. The van der Waals surface area contributed by atoms with Gasteiger partial charge in [0.2, 0.25) is 5.91 Å². The highest BCUT2D eigenvalue weighted by atomic mass is 19.1. The lowest BCUT2D eigenvalue weighted by Gasteiger charge is -2.20. The average Bonchev–Trinajstić information content (AvgIpc) is 2.75. The van der Waals surface area contributed by atoms with E-state index in [9.17, 15) is 14.0 Å². The zero-order chi connectivity index (χ0) is 21.5. The molecule has 2 N–H and O–H groups in total. The fraction of sp³-hybridized carbons (Fsp3) is 0.200. The van der Waals surface area contributed by atoms with Gasteiger partial charge >= 0.3 is 0 Å². The predicted octanol–water partition coefficient (Wildman–Crippen LogP) is 4.91. The second kappa shape index (κ2) is 9.94. The molecule has 4 nitrogen and oxygen atoms in total. The van der Waals surface area contributed by atoms with E-state index in [4.69, 9.17) is 0 Å². The summed E-state index contributed by atoms with van der Waals surface area (Å²) in [6.07, 6.45) is 0.934. The molecular weight excluding hydrogens is 379 g/mol. The van der Waals surface area contributed by atoms with Gasteiger partial charge in [-0.05, 0) is 66.4 Å². The van der Waals surface area contributed by atoms with Crippen molar-refractivity contribution in [2.75, 3.05) is 11.9 Å². The zero-order valence-corrected chi connectivity index (χ0v) is 17.1. The molecule has 0 heterocycles. The van der Waals surface area contributed by atoms with Gasteiger partial charge in [-0.2, -0.15) is 0 Å². The molecule has 30 heavy (non-hydrogen) atoms. The number of amides is 1. The molecule has 0 aromatic heterocycles. The summed E-state index contributed by atoms with van der Waals surface area (Å²) in [6.45, 7) is 3.63. The minimum Gasteiger partial charge on any atom is -0.325 e. The van der Waals surface area contributed by atoms with E-state index in [1.165, 1.54) is 24.6 Å². The first-order valence-electron chi connectivity index (χ1n) is 9.95. The average molecular weight is 404 g/mol. The summed E-state index contributed by atoms with van der Waals surface area (Å²) in [7, 11) is 0. The van der Waals surface area contributed by atoms with Gasteiger partial charge in [-0.1, -0.05) is 43.3 Å². The van der Waals surface area contributed by atoms with Gasteiger partial charge in [0.1, 0.15) is 5.82 Å². The molecule has 0 saturated carbocycles. The first-order chi connectivity index (χ1) is 14.5. The maximum absolute atomic E-state index is 13.8. The van der Waals surface area contributed by atoms with Gasteiger partial charge in [0.15, 0.2) is 5.78 Å². The Morgan fingerprint density at radius 2 is 1.63 bits per heavy atom. The van der Waals surface area contributed by atoms with E-state index in [0.717, 1.165) is 17.5 Å². The Kier molecular flexibility index (Phi) is 7.09. The number of aryl methyl sites for hydroxylation is 1. The van der Waals surface area contributed by atoms with Crippen LogP contribution in [0, 0.1) is 5.82 Å². The van der Waals surface area contributed by atoms with Crippen molar-refractivity contribution in [2.24, 2.45) is 0 Å². The number of rotatable bonds is 8. The number of ketones is 1. The van der Waals surface area contributed by atoms with Crippen LogP contribution in [-0.2, 0) is 11.2 Å². The fourth-order valence-corrected chi connectivity index (χ4v) is 3.25. The lowest BCUT2D eigenvalue weighted by atomic mass is 9.97. The monoisotopic (exact) mass is 404 g/mol. The van der Waals surface area contributed by atoms with Crippen LogP contribution in [0.2, 0.25) is 0 Å². The maximum atomic E-state index is 13.8. The molecule has 5 heteroatoms. The molecular formula is C25H25FN2O2. The highest BCUT2D eigenvalue weighted by Crippen LogP contribution is 2.23. The number of carbonyl (C=O) groups excluding carboxylic acids is 2. The van der Waals surface area contributed by atoms with Gasteiger partial charge in [0.05, 0.1) is 12.6 Å². The molecule has 0 unspecified atom stereocenters.